The predicted octanol–water partition coefficient (Wildman–Crippen LogP) is 3.54. The number of hydrogen-bond donors (Lipinski definition) is 4. The zero-order chi connectivity index (χ0) is 26.1. The van der Waals surface area contributed by atoms with E-state index < -0.39 is 5.91 Å². The summed E-state index contributed by atoms with van der Waals surface area (Å²) in [6.07, 6.45) is 13.6. The standard InChI is InChI=1S/C24H43ClN8O2/c1-33(2)17-13-11-15-18(34)14-10-8-6-4-3-5-7-9-12-16-29-24(28)32-23(35)19-21(26)31-22(27)20(25)30-19/h3-17H2,1-2H3,(H4,26,27,31)(H3,28,29,32,35). The molecule has 0 saturated heterocycles. The molecule has 1 heterocycles. The Balaban J connectivity index is 2.00. The Bertz CT molecular complexity index is 817. The Labute approximate surface area is 214 Å². The number of amides is 1. The van der Waals surface area contributed by atoms with Gasteiger partial charge in [-0.25, -0.2) is 9.97 Å². The number of halogens is 1. The smallest absolute Gasteiger partial charge is 0.280 e. The fourth-order valence-corrected chi connectivity index (χ4v) is 3.70. The summed E-state index contributed by atoms with van der Waals surface area (Å²) in [6.45, 7) is 1.58. The number of ketones is 1. The first-order chi connectivity index (χ1) is 16.7. The van der Waals surface area contributed by atoms with Gasteiger partial charge >= 0.3 is 0 Å². The summed E-state index contributed by atoms with van der Waals surface area (Å²) in [4.78, 5) is 38.0. The van der Waals surface area contributed by atoms with Gasteiger partial charge < -0.3 is 22.1 Å². The van der Waals surface area contributed by atoms with E-state index in [1.165, 1.54) is 25.7 Å². The second-order valence-electron chi connectivity index (χ2n) is 9.09. The summed E-state index contributed by atoms with van der Waals surface area (Å²) in [6, 6.07) is 0. The van der Waals surface area contributed by atoms with Crippen LogP contribution in [-0.2, 0) is 4.79 Å². The summed E-state index contributed by atoms with van der Waals surface area (Å²) < 4.78 is 0. The van der Waals surface area contributed by atoms with Crippen molar-refractivity contribution in [2.75, 3.05) is 38.7 Å². The van der Waals surface area contributed by atoms with Gasteiger partial charge in [-0.3, -0.25) is 19.9 Å². The van der Waals surface area contributed by atoms with Crippen molar-refractivity contribution in [3.05, 3.63) is 10.8 Å². The summed E-state index contributed by atoms with van der Waals surface area (Å²) >= 11 is 5.78. The first-order valence-electron chi connectivity index (χ1n) is 12.6. The van der Waals surface area contributed by atoms with Crippen molar-refractivity contribution in [3.8, 4) is 0 Å². The van der Waals surface area contributed by atoms with Crippen LogP contribution in [0.25, 0.3) is 0 Å². The lowest BCUT2D eigenvalue weighted by Crippen LogP contribution is -2.38. The molecule has 0 bridgehead atoms. The van der Waals surface area contributed by atoms with Gasteiger partial charge in [0.2, 0.25) is 0 Å². The molecule has 1 aromatic rings. The van der Waals surface area contributed by atoms with Crippen molar-refractivity contribution in [1.29, 1.82) is 0 Å². The quantitative estimate of drug-likeness (QED) is 0.132. The lowest BCUT2D eigenvalue weighted by Gasteiger charge is -2.08. The number of nitrogens with two attached hydrogens (primary N) is 3. The van der Waals surface area contributed by atoms with Crippen molar-refractivity contribution in [3.63, 3.8) is 0 Å². The van der Waals surface area contributed by atoms with Crippen LogP contribution in [-0.4, -0.2) is 59.7 Å². The number of aromatic nitrogens is 2. The molecular formula is C24H43ClN8O2. The van der Waals surface area contributed by atoms with Crippen molar-refractivity contribution < 1.29 is 9.59 Å². The number of nitrogen functional groups attached to an aromatic ring is 2. The maximum atomic E-state index is 12.2. The first-order valence-corrected chi connectivity index (χ1v) is 12.9. The van der Waals surface area contributed by atoms with Gasteiger partial charge in [-0.2, -0.15) is 0 Å². The minimum Gasteiger partial charge on any atom is -0.382 e. The molecule has 10 nitrogen and oxygen atoms in total. The molecule has 0 aromatic carbocycles. The number of carbonyl (C=O) groups excluding carboxylic acids is 2. The maximum Gasteiger partial charge on any atom is 0.280 e. The molecule has 198 valence electrons. The van der Waals surface area contributed by atoms with Crippen LogP contribution in [0, 0.1) is 0 Å². The predicted molar refractivity (Wildman–Crippen MR) is 143 cm³/mol. The van der Waals surface area contributed by atoms with Gasteiger partial charge in [0.25, 0.3) is 5.91 Å². The van der Waals surface area contributed by atoms with Crippen LogP contribution in [0.15, 0.2) is 4.99 Å². The Morgan fingerprint density at radius 1 is 0.857 bits per heavy atom. The van der Waals surface area contributed by atoms with Gasteiger partial charge in [0, 0.05) is 19.4 Å². The third-order valence-corrected chi connectivity index (χ3v) is 5.85. The van der Waals surface area contributed by atoms with E-state index in [0.717, 1.165) is 64.3 Å². The van der Waals surface area contributed by atoms with Crippen molar-refractivity contribution in [2.45, 2.75) is 83.5 Å². The Morgan fingerprint density at radius 2 is 1.40 bits per heavy atom. The van der Waals surface area contributed by atoms with Gasteiger partial charge in [-0.05, 0) is 46.3 Å². The van der Waals surface area contributed by atoms with Crippen molar-refractivity contribution in [1.82, 2.24) is 20.2 Å². The molecule has 11 heteroatoms. The van der Waals surface area contributed by atoms with Crippen LogP contribution >= 0.6 is 11.6 Å². The van der Waals surface area contributed by atoms with E-state index in [1.54, 1.807) is 0 Å². The Kier molecular flexibility index (Phi) is 15.6. The molecule has 0 aliphatic heterocycles. The molecule has 0 radical (unpaired) electrons. The van der Waals surface area contributed by atoms with E-state index in [4.69, 9.17) is 28.8 Å². The van der Waals surface area contributed by atoms with Crippen LogP contribution in [0.4, 0.5) is 11.6 Å². The third kappa shape index (κ3) is 14.5. The topological polar surface area (TPSA) is 166 Å². The van der Waals surface area contributed by atoms with E-state index in [9.17, 15) is 9.59 Å². The molecule has 1 rings (SSSR count). The highest BCUT2D eigenvalue weighted by molar-refractivity contribution is 6.31. The highest BCUT2D eigenvalue weighted by Crippen LogP contribution is 2.17. The minimum absolute atomic E-state index is 0.00353. The lowest BCUT2D eigenvalue weighted by atomic mass is 10.0. The normalized spacial score (nSPS) is 11.7. The van der Waals surface area contributed by atoms with Crippen LogP contribution in [0.1, 0.15) is 94.0 Å². The molecule has 0 aliphatic rings. The van der Waals surface area contributed by atoms with E-state index in [1.807, 2.05) is 0 Å². The fraction of sp³-hybridized carbons (Fsp3) is 0.708. The van der Waals surface area contributed by atoms with E-state index in [2.05, 4.69) is 39.3 Å². The van der Waals surface area contributed by atoms with E-state index in [-0.39, 0.29) is 28.4 Å². The largest absolute Gasteiger partial charge is 0.382 e. The zero-order valence-electron chi connectivity index (χ0n) is 21.3. The molecule has 35 heavy (non-hydrogen) atoms. The Hall–Kier alpha value is -2.46. The number of guanidine groups is 1. The van der Waals surface area contributed by atoms with Gasteiger partial charge in [0.15, 0.2) is 28.4 Å². The summed E-state index contributed by atoms with van der Waals surface area (Å²) in [5, 5.41) is 2.33. The highest BCUT2D eigenvalue weighted by Gasteiger charge is 2.16. The number of Topliss-reactive ketones (excluding diaryl/α,β-unsaturated/α-hetero) is 1. The molecule has 0 spiro atoms. The summed E-state index contributed by atoms with van der Waals surface area (Å²) in [5.41, 5.74) is 16.8. The van der Waals surface area contributed by atoms with E-state index >= 15 is 0 Å². The molecule has 0 atom stereocenters. The minimum atomic E-state index is -0.637. The monoisotopic (exact) mass is 510 g/mol. The molecule has 0 aliphatic carbocycles. The number of nitrogens with one attached hydrogen (secondary N) is 1. The summed E-state index contributed by atoms with van der Waals surface area (Å²) in [5.74, 6) is -0.398. The second-order valence-corrected chi connectivity index (χ2v) is 9.44. The van der Waals surface area contributed by atoms with Crippen molar-refractivity contribution in [2.24, 2.45) is 10.7 Å². The van der Waals surface area contributed by atoms with E-state index in [0.29, 0.717) is 12.3 Å². The average Bonchev–Trinajstić information content (AvgIpc) is 2.79. The number of unbranched alkanes of at least 4 members (excludes halogenated alkanes) is 9. The van der Waals surface area contributed by atoms with Crippen LogP contribution in [0.5, 0.6) is 0 Å². The zero-order valence-corrected chi connectivity index (χ0v) is 22.1. The fourth-order valence-electron chi connectivity index (χ4n) is 3.57. The molecule has 7 N–H and O–H groups in total. The SMILES string of the molecule is CN(C)CCCCC(=O)CCCCCCCCCCCN=C(N)NC(=O)c1nc(Cl)c(N)nc1N. The molecule has 0 fully saturated rings. The Morgan fingerprint density at radius 3 is 2.00 bits per heavy atom. The van der Waals surface area contributed by atoms with Gasteiger partial charge in [0.1, 0.15) is 5.78 Å². The molecule has 1 amide bonds. The third-order valence-electron chi connectivity index (χ3n) is 5.57. The molecule has 0 saturated carbocycles. The molecule has 0 unspecified atom stereocenters. The number of carbonyl (C=O) groups is 2. The van der Waals surface area contributed by atoms with Crippen LogP contribution < -0.4 is 22.5 Å². The molecule has 1 aromatic heterocycles. The van der Waals surface area contributed by atoms with Gasteiger partial charge in [-0.1, -0.05) is 56.5 Å². The lowest BCUT2D eigenvalue weighted by molar-refractivity contribution is -0.119. The summed E-state index contributed by atoms with van der Waals surface area (Å²) in [7, 11) is 4.12. The van der Waals surface area contributed by atoms with Gasteiger partial charge in [0.05, 0.1) is 0 Å². The number of anilines is 2. The van der Waals surface area contributed by atoms with Crippen LogP contribution in [0.3, 0.4) is 0 Å². The van der Waals surface area contributed by atoms with Crippen molar-refractivity contribution >= 4 is 40.9 Å². The maximum absolute atomic E-state index is 12.2. The first kappa shape index (κ1) is 30.6. The average molecular weight is 511 g/mol. The molecular weight excluding hydrogens is 468 g/mol. The number of nitrogens with zero attached hydrogens (tertiary/aromatic N) is 4. The second kappa shape index (κ2) is 17.9. The van der Waals surface area contributed by atoms with Crippen LogP contribution in [0.2, 0.25) is 5.15 Å². The number of aliphatic imine (C=N–C) groups is 1. The number of hydrogen-bond acceptors (Lipinski definition) is 8. The number of rotatable bonds is 18. The highest BCUT2D eigenvalue weighted by atomic mass is 35.5. The van der Waals surface area contributed by atoms with Gasteiger partial charge in [-0.15, -0.1) is 0 Å².